The lowest BCUT2D eigenvalue weighted by molar-refractivity contribution is 0.111. The normalized spacial score (nSPS) is 18.0. The molecule has 0 amide bonds. The monoisotopic (exact) mass is 223 g/mol. The summed E-state index contributed by atoms with van der Waals surface area (Å²) in [5.41, 5.74) is 3.33. The number of aromatic nitrogens is 1. The van der Waals surface area contributed by atoms with Crippen molar-refractivity contribution in [1.82, 2.24) is 4.57 Å². The Bertz CT molecular complexity index is 364. The Morgan fingerprint density at radius 1 is 1.47 bits per heavy atom. The lowest BCUT2D eigenvalue weighted by Gasteiger charge is -2.21. The van der Waals surface area contributed by atoms with E-state index in [1.807, 2.05) is 23.4 Å². The quantitative estimate of drug-likeness (QED) is 0.719. The number of thioether (sulfide) groups is 1. The van der Waals surface area contributed by atoms with Gasteiger partial charge in [-0.15, -0.1) is 0 Å². The second kappa shape index (κ2) is 4.44. The van der Waals surface area contributed by atoms with Crippen molar-refractivity contribution >= 4 is 18.0 Å². The van der Waals surface area contributed by atoms with E-state index in [1.54, 1.807) is 0 Å². The van der Waals surface area contributed by atoms with Gasteiger partial charge in [-0.05, 0) is 48.8 Å². The van der Waals surface area contributed by atoms with E-state index in [0.717, 1.165) is 12.0 Å². The summed E-state index contributed by atoms with van der Waals surface area (Å²) in [6, 6.07) is 2.18. The molecule has 2 rings (SSSR count). The number of hydrogen-bond donors (Lipinski definition) is 0. The molecule has 15 heavy (non-hydrogen) atoms. The highest BCUT2D eigenvalue weighted by atomic mass is 32.2. The molecule has 1 aromatic heterocycles. The second-order valence-electron chi connectivity index (χ2n) is 4.19. The van der Waals surface area contributed by atoms with E-state index in [2.05, 4.69) is 13.0 Å². The molecule has 3 heteroatoms. The van der Waals surface area contributed by atoms with Crippen LogP contribution in [0, 0.1) is 6.92 Å². The van der Waals surface area contributed by atoms with Gasteiger partial charge in [-0.3, -0.25) is 4.79 Å². The summed E-state index contributed by atoms with van der Waals surface area (Å²) in [7, 11) is 1.97. The van der Waals surface area contributed by atoms with Gasteiger partial charge in [0.15, 0.2) is 6.29 Å². The zero-order valence-electron chi connectivity index (χ0n) is 9.32. The summed E-state index contributed by atoms with van der Waals surface area (Å²) >= 11 is 2.02. The van der Waals surface area contributed by atoms with Crippen molar-refractivity contribution in [3.63, 3.8) is 0 Å². The fraction of sp³-hybridized carbons (Fsp3) is 0.583. The molecule has 2 nitrogen and oxygen atoms in total. The minimum atomic E-state index is 0.603. The summed E-state index contributed by atoms with van der Waals surface area (Å²) in [5, 5.41) is 0. The maximum Gasteiger partial charge on any atom is 0.166 e. The van der Waals surface area contributed by atoms with Gasteiger partial charge in [-0.25, -0.2) is 0 Å². The molecule has 1 aromatic rings. The molecule has 0 radical (unpaired) electrons. The first-order valence-corrected chi connectivity index (χ1v) is 6.58. The molecule has 0 spiro atoms. The molecule has 1 saturated heterocycles. The Kier molecular flexibility index (Phi) is 3.19. The van der Waals surface area contributed by atoms with Crippen LogP contribution in [0.4, 0.5) is 0 Å². The lowest BCUT2D eigenvalue weighted by Crippen LogP contribution is -2.10. The molecule has 0 saturated carbocycles. The molecular weight excluding hydrogens is 206 g/mol. The summed E-state index contributed by atoms with van der Waals surface area (Å²) in [5.74, 6) is 3.07. The first-order valence-electron chi connectivity index (χ1n) is 5.43. The highest BCUT2D eigenvalue weighted by Gasteiger charge is 2.21. The van der Waals surface area contributed by atoms with E-state index < -0.39 is 0 Å². The maximum absolute atomic E-state index is 11.1. The van der Waals surface area contributed by atoms with Crippen LogP contribution in [0.2, 0.25) is 0 Å². The largest absolute Gasteiger partial charge is 0.346 e. The summed E-state index contributed by atoms with van der Waals surface area (Å²) in [6.45, 7) is 2.06. The number of rotatable bonds is 2. The van der Waals surface area contributed by atoms with Gasteiger partial charge in [0.25, 0.3) is 0 Å². The van der Waals surface area contributed by atoms with Crippen LogP contribution < -0.4 is 0 Å². The van der Waals surface area contributed by atoms with Gasteiger partial charge < -0.3 is 4.57 Å². The van der Waals surface area contributed by atoms with Crippen LogP contribution in [0.3, 0.4) is 0 Å². The molecule has 0 atom stereocenters. The summed E-state index contributed by atoms with van der Waals surface area (Å²) in [6.07, 6.45) is 3.44. The molecule has 0 aliphatic carbocycles. The molecule has 1 aliphatic rings. The minimum absolute atomic E-state index is 0.603. The van der Waals surface area contributed by atoms with Crippen molar-refractivity contribution < 1.29 is 4.79 Å². The average Bonchev–Trinajstić information content (AvgIpc) is 2.56. The first kappa shape index (κ1) is 10.8. The fourth-order valence-corrected chi connectivity index (χ4v) is 3.37. The van der Waals surface area contributed by atoms with Gasteiger partial charge in [0.1, 0.15) is 0 Å². The average molecular weight is 223 g/mol. The lowest BCUT2D eigenvalue weighted by atomic mass is 9.93. The van der Waals surface area contributed by atoms with Crippen LogP contribution in [-0.2, 0) is 7.05 Å². The van der Waals surface area contributed by atoms with Crippen LogP contribution in [-0.4, -0.2) is 22.4 Å². The maximum atomic E-state index is 11.1. The van der Waals surface area contributed by atoms with Crippen molar-refractivity contribution in [3.05, 3.63) is 23.0 Å². The summed E-state index contributed by atoms with van der Waals surface area (Å²) in [4.78, 5) is 11.1. The Hall–Kier alpha value is -0.700. The molecule has 1 fully saturated rings. The third kappa shape index (κ3) is 1.98. The first-order chi connectivity index (χ1) is 7.24. The van der Waals surface area contributed by atoms with Gasteiger partial charge in [0, 0.05) is 12.7 Å². The van der Waals surface area contributed by atoms with E-state index in [9.17, 15) is 4.79 Å². The molecule has 0 aromatic carbocycles. The number of carbonyl (C=O) groups excluding carboxylic acids is 1. The van der Waals surface area contributed by atoms with Crippen molar-refractivity contribution in [2.75, 3.05) is 11.5 Å². The molecular formula is C12H17NOS. The predicted octanol–water partition coefficient (Wildman–Crippen LogP) is 2.76. The zero-order valence-corrected chi connectivity index (χ0v) is 10.1. The van der Waals surface area contributed by atoms with Crippen molar-refractivity contribution in [2.24, 2.45) is 7.05 Å². The summed E-state index contributed by atoms with van der Waals surface area (Å²) < 4.78 is 2.00. The van der Waals surface area contributed by atoms with Crippen LogP contribution in [0.15, 0.2) is 6.07 Å². The van der Waals surface area contributed by atoms with Gasteiger partial charge >= 0.3 is 0 Å². The predicted molar refractivity (Wildman–Crippen MR) is 64.8 cm³/mol. The van der Waals surface area contributed by atoms with Crippen molar-refractivity contribution in [1.29, 1.82) is 0 Å². The Labute approximate surface area is 95.0 Å². The number of hydrogen-bond acceptors (Lipinski definition) is 2. The van der Waals surface area contributed by atoms with Crippen molar-refractivity contribution in [3.8, 4) is 0 Å². The van der Waals surface area contributed by atoms with E-state index in [1.165, 1.54) is 35.6 Å². The van der Waals surface area contributed by atoms with Gasteiger partial charge in [0.2, 0.25) is 0 Å². The zero-order chi connectivity index (χ0) is 10.8. The van der Waals surface area contributed by atoms with Gasteiger partial charge in [0.05, 0.1) is 5.69 Å². The van der Waals surface area contributed by atoms with Crippen LogP contribution >= 0.6 is 11.8 Å². The highest BCUT2D eigenvalue weighted by molar-refractivity contribution is 7.99. The highest BCUT2D eigenvalue weighted by Crippen LogP contribution is 2.34. The molecule has 2 heterocycles. The Balaban J connectivity index is 2.33. The number of aldehydes is 1. The van der Waals surface area contributed by atoms with E-state index in [4.69, 9.17) is 0 Å². The van der Waals surface area contributed by atoms with Crippen LogP contribution in [0.5, 0.6) is 0 Å². The smallest absolute Gasteiger partial charge is 0.166 e. The third-order valence-corrected chi connectivity index (χ3v) is 4.37. The topological polar surface area (TPSA) is 22.0 Å². The van der Waals surface area contributed by atoms with E-state index in [0.29, 0.717) is 5.92 Å². The number of aryl methyl sites for hydroxylation is 1. The molecule has 82 valence electrons. The molecule has 0 bridgehead atoms. The van der Waals surface area contributed by atoms with Crippen molar-refractivity contribution in [2.45, 2.75) is 25.7 Å². The van der Waals surface area contributed by atoms with Gasteiger partial charge in [-0.1, -0.05) is 0 Å². The van der Waals surface area contributed by atoms with E-state index >= 15 is 0 Å². The Morgan fingerprint density at radius 3 is 2.73 bits per heavy atom. The third-order valence-electron chi connectivity index (χ3n) is 3.32. The number of nitrogens with zero attached hydrogens (tertiary/aromatic N) is 1. The van der Waals surface area contributed by atoms with Gasteiger partial charge in [-0.2, -0.15) is 11.8 Å². The molecule has 1 aliphatic heterocycles. The van der Waals surface area contributed by atoms with Crippen LogP contribution in [0.25, 0.3) is 0 Å². The SMILES string of the molecule is Cc1cc(C2CCSCC2)c(C=O)n1C. The number of carbonyl (C=O) groups is 1. The molecule has 0 N–H and O–H groups in total. The standard InChI is InChI=1S/C12H17NOS/c1-9-7-11(12(8-14)13(9)2)10-3-5-15-6-4-10/h7-8,10H,3-6H2,1-2H3. The van der Waals surface area contributed by atoms with E-state index in [-0.39, 0.29) is 0 Å². The second-order valence-corrected chi connectivity index (χ2v) is 5.41. The minimum Gasteiger partial charge on any atom is -0.346 e. The fourth-order valence-electron chi connectivity index (χ4n) is 2.26. The van der Waals surface area contributed by atoms with Crippen LogP contribution in [0.1, 0.15) is 40.5 Å². The molecule has 0 unspecified atom stereocenters. The Morgan fingerprint density at radius 2 is 2.13 bits per heavy atom.